The number of benzene rings is 1. The highest BCUT2D eigenvalue weighted by Gasteiger charge is 2.32. The van der Waals surface area contributed by atoms with E-state index in [1.165, 1.54) is 11.8 Å². The van der Waals surface area contributed by atoms with Crippen LogP contribution in [0.25, 0.3) is 11.0 Å². The number of nitrogens with zero attached hydrogens (tertiary/aromatic N) is 3. The molecule has 0 N–H and O–H groups in total. The van der Waals surface area contributed by atoms with Gasteiger partial charge in [0, 0.05) is 19.1 Å². The summed E-state index contributed by atoms with van der Waals surface area (Å²) in [5.74, 6) is 0.438. The molecule has 25 heavy (non-hydrogen) atoms. The normalized spacial score (nSPS) is 19.6. The highest BCUT2D eigenvalue weighted by Crippen LogP contribution is 2.28. The molecule has 1 aliphatic rings. The molecule has 0 saturated carbocycles. The van der Waals surface area contributed by atoms with Crippen LogP contribution in [-0.2, 0) is 14.6 Å². The van der Waals surface area contributed by atoms with Crippen LogP contribution in [0.15, 0.2) is 29.4 Å². The van der Waals surface area contributed by atoms with Crippen molar-refractivity contribution in [2.24, 2.45) is 0 Å². The number of hydrogen-bond donors (Lipinski definition) is 0. The Balaban J connectivity index is 1.72. The third kappa shape index (κ3) is 3.84. The van der Waals surface area contributed by atoms with E-state index in [-0.39, 0.29) is 35.2 Å². The fourth-order valence-electron chi connectivity index (χ4n) is 3.14. The van der Waals surface area contributed by atoms with Crippen LogP contribution < -0.4 is 0 Å². The molecule has 1 unspecified atom stereocenters. The van der Waals surface area contributed by atoms with Crippen molar-refractivity contribution in [3.63, 3.8) is 0 Å². The molecule has 8 heteroatoms. The molecule has 0 aliphatic carbocycles. The summed E-state index contributed by atoms with van der Waals surface area (Å²) in [5.41, 5.74) is 1.98. The summed E-state index contributed by atoms with van der Waals surface area (Å²) >= 11 is 1.41. The minimum Gasteiger partial charge on any atom is -0.341 e. The van der Waals surface area contributed by atoms with Crippen LogP contribution in [0.4, 0.5) is 0 Å². The van der Waals surface area contributed by atoms with E-state index in [1.54, 1.807) is 11.9 Å². The van der Waals surface area contributed by atoms with Gasteiger partial charge < -0.3 is 9.47 Å². The lowest BCUT2D eigenvalue weighted by molar-refractivity contribution is -0.128. The third-order valence-corrected chi connectivity index (χ3v) is 7.24. The summed E-state index contributed by atoms with van der Waals surface area (Å²) < 4.78 is 25.4. The number of thioether (sulfide) groups is 1. The molecule has 2 heterocycles. The lowest BCUT2D eigenvalue weighted by Crippen LogP contribution is -2.38. The summed E-state index contributed by atoms with van der Waals surface area (Å²) in [6.07, 6.45) is 0.528. The van der Waals surface area contributed by atoms with Gasteiger partial charge in [-0.1, -0.05) is 23.9 Å². The molecular weight excluding hydrogens is 358 g/mol. The van der Waals surface area contributed by atoms with Gasteiger partial charge >= 0.3 is 0 Å². The van der Waals surface area contributed by atoms with Crippen LogP contribution in [0.1, 0.15) is 26.3 Å². The predicted octanol–water partition coefficient (Wildman–Crippen LogP) is 2.35. The smallest absolute Gasteiger partial charge is 0.233 e. The van der Waals surface area contributed by atoms with Crippen molar-refractivity contribution >= 4 is 38.5 Å². The van der Waals surface area contributed by atoms with Crippen molar-refractivity contribution in [3.05, 3.63) is 24.3 Å². The number of aromatic nitrogens is 2. The maximum Gasteiger partial charge on any atom is 0.233 e. The number of carbonyl (C=O) groups excluding carboxylic acids is 1. The Bertz CT molecular complexity index is 890. The van der Waals surface area contributed by atoms with Crippen LogP contribution in [0.2, 0.25) is 0 Å². The molecule has 0 bridgehead atoms. The Hall–Kier alpha value is -1.54. The number of fused-ring (bicyclic) bond motifs is 1. The second-order valence-electron chi connectivity index (χ2n) is 6.70. The minimum absolute atomic E-state index is 0.0607. The lowest BCUT2D eigenvalue weighted by Gasteiger charge is -2.23. The monoisotopic (exact) mass is 381 g/mol. The number of carbonyl (C=O) groups is 1. The summed E-state index contributed by atoms with van der Waals surface area (Å²) in [6, 6.07) is 7.97. The maximum absolute atomic E-state index is 12.5. The minimum atomic E-state index is -2.99. The molecule has 0 spiro atoms. The first-order valence-electron chi connectivity index (χ1n) is 8.34. The molecule has 136 valence electrons. The quantitative estimate of drug-likeness (QED) is 0.744. The topological polar surface area (TPSA) is 72.3 Å². The summed E-state index contributed by atoms with van der Waals surface area (Å²) in [6.45, 7) is 4.19. The van der Waals surface area contributed by atoms with E-state index in [0.29, 0.717) is 6.42 Å². The summed E-state index contributed by atoms with van der Waals surface area (Å²) in [7, 11) is -1.30. The van der Waals surface area contributed by atoms with Crippen molar-refractivity contribution in [3.8, 4) is 0 Å². The Labute approximate surface area is 152 Å². The van der Waals surface area contributed by atoms with Gasteiger partial charge in [0.15, 0.2) is 15.0 Å². The van der Waals surface area contributed by atoms with Gasteiger partial charge in [0.2, 0.25) is 5.91 Å². The molecule has 3 rings (SSSR count). The molecule has 1 aromatic heterocycles. The Morgan fingerprint density at radius 1 is 1.40 bits per heavy atom. The molecule has 2 aromatic rings. The fourth-order valence-corrected chi connectivity index (χ4v) is 5.98. The molecule has 1 aliphatic heterocycles. The maximum atomic E-state index is 12.5. The van der Waals surface area contributed by atoms with Gasteiger partial charge in [0.1, 0.15) is 0 Å². The van der Waals surface area contributed by atoms with Crippen LogP contribution in [0.5, 0.6) is 0 Å². The van der Waals surface area contributed by atoms with Crippen LogP contribution in [0.3, 0.4) is 0 Å². The Kier molecular flexibility index (Phi) is 5.11. The van der Waals surface area contributed by atoms with Crippen LogP contribution >= 0.6 is 11.8 Å². The van der Waals surface area contributed by atoms with Gasteiger partial charge in [0.25, 0.3) is 0 Å². The number of hydrogen-bond acceptors (Lipinski definition) is 5. The molecule has 1 fully saturated rings. The van der Waals surface area contributed by atoms with Gasteiger partial charge in [-0.2, -0.15) is 0 Å². The van der Waals surface area contributed by atoms with Crippen molar-refractivity contribution < 1.29 is 13.2 Å². The number of rotatable bonds is 5. The van der Waals surface area contributed by atoms with Gasteiger partial charge in [-0.25, -0.2) is 13.4 Å². The standard InChI is InChI=1S/C17H23N3O3S2/c1-12(2)20-15-7-5-4-6-14(15)18-17(20)24-10-16(21)19(3)13-8-9-25(22,23)11-13/h4-7,12-13H,8-11H2,1-3H3. The molecule has 1 saturated heterocycles. The van der Waals surface area contributed by atoms with Gasteiger partial charge in [-0.15, -0.1) is 0 Å². The molecule has 1 atom stereocenters. The van der Waals surface area contributed by atoms with E-state index in [4.69, 9.17) is 0 Å². The van der Waals surface area contributed by atoms with Gasteiger partial charge in [0.05, 0.1) is 28.3 Å². The average molecular weight is 382 g/mol. The van der Waals surface area contributed by atoms with E-state index in [1.807, 2.05) is 24.3 Å². The highest BCUT2D eigenvalue weighted by atomic mass is 32.2. The number of imidazole rings is 1. The second kappa shape index (κ2) is 6.99. The Morgan fingerprint density at radius 3 is 2.76 bits per heavy atom. The largest absolute Gasteiger partial charge is 0.341 e. The molecule has 1 amide bonds. The highest BCUT2D eigenvalue weighted by molar-refractivity contribution is 7.99. The van der Waals surface area contributed by atoms with E-state index in [0.717, 1.165) is 16.2 Å². The predicted molar refractivity (Wildman–Crippen MR) is 101 cm³/mol. The molecular formula is C17H23N3O3S2. The van der Waals surface area contributed by atoms with Gasteiger partial charge in [-0.05, 0) is 32.4 Å². The molecule has 0 radical (unpaired) electrons. The number of sulfone groups is 1. The van der Waals surface area contributed by atoms with Crippen LogP contribution in [0, 0.1) is 0 Å². The van der Waals surface area contributed by atoms with E-state index in [2.05, 4.69) is 23.4 Å². The summed E-state index contributed by atoms with van der Waals surface area (Å²) in [5, 5.41) is 0.817. The van der Waals surface area contributed by atoms with Crippen molar-refractivity contribution in [1.82, 2.24) is 14.5 Å². The average Bonchev–Trinajstić information content (AvgIpc) is 3.11. The van der Waals surface area contributed by atoms with Crippen molar-refractivity contribution in [2.45, 2.75) is 37.5 Å². The van der Waals surface area contributed by atoms with E-state index in [9.17, 15) is 13.2 Å². The van der Waals surface area contributed by atoms with E-state index < -0.39 is 9.84 Å². The zero-order valence-corrected chi connectivity index (χ0v) is 16.3. The first kappa shape index (κ1) is 18.3. The number of para-hydroxylation sites is 2. The first-order valence-corrected chi connectivity index (χ1v) is 11.1. The second-order valence-corrected chi connectivity index (χ2v) is 9.87. The third-order valence-electron chi connectivity index (χ3n) is 4.55. The Morgan fingerprint density at radius 2 is 2.12 bits per heavy atom. The van der Waals surface area contributed by atoms with Crippen molar-refractivity contribution in [1.29, 1.82) is 0 Å². The first-order chi connectivity index (χ1) is 11.8. The fraction of sp³-hybridized carbons (Fsp3) is 0.529. The zero-order chi connectivity index (χ0) is 18.2. The SMILES string of the molecule is CC(C)n1c(SCC(=O)N(C)C2CCS(=O)(=O)C2)nc2ccccc21. The van der Waals surface area contributed by atoms with Crippen LogP contribution in [-0.4, -0.2) is 59.1 Å². The van der Waals surface area contributed by atoms with Gasteiger partial charge in [-0.3, -0.25) is 4.79 Å². The lowest BCUT2D eigenvalue weighted by atomic mass is 10.2. The number of amides is 1. The zero-order valence-electron chi connectivity index (χ0n) is 14.7. The molecule has 1 aromatic carbocycles. The molecule has 6 nitrogen and oxygen atoms in total. The summed E-state index contributed by atoms with van der Waals surface area (Å²) in [4.78, 5) is 18.7. The van der Waals surface area contributed by atoms with E-state index >= 15 is 0 Å². The van der Waals surface area contributed by atoms with Crippen molar-refractivity contribution in [2.75, 3.05) is 24.3 Å².